The van der Waals surface area contributed by atoms with E-state index in [1.54, 1.807) is 18.2 Å². The van der Waals surface area contributed by atoms with Crippen LogP contribution in [0.15, 0.2) is 54.6 Å². The molecule has 0 spiro atoms. The van der Waals surface area contributed by atoms with E-state index in [1.807, 2.05) is 37.3 Å². The molecule has 0 atom stereocenters. The van der Waals surface area contributed by atoms with Crippen LogP contribution in [-0.4, -0.2) is 23.0 Å². The Morgan fingerprint density at radius 3 is 2.63 bits per heavy atom. The van der Waals surface area contributed by atoms with Crippen molar-refractivity contribution in [2.24, 2.45) is 0 Å². The Morgan fingerprint density at radius 2 is 1.85 bits per heavy atom. The Balaban J connectivity index is 1.84. The van der Waals surface area contributed by atoms with Gasteiger partial charge in [0.1, 0.15) is 5.82 Å². The molecular formula is C21H22N4O2. The van der Waals surface area contributed by atoms with Gasteiger partial charge in [-0.25, -0.2) is 9.78 Å². The van der Waals surface area contributed by atoms with E-state index in [0.29, 0.717) is 23.0 Å². The lowest BCUT2D eigenvalue weighted by Gasteiger charge is -2.12. The Morgan fingerprint density at radius 1 is 1.04 bits per heavy atom. The van der Waals surface area contributed by atoms with E-state index in [-0.39, 0.29) is 5.97 Å². The van der Waals surface area contributed by atoms with Gasteiger partial charge in [0.05, 0.1) is 12.7 Å². The van der Waals surface area contributed by atoms with Crippen LogP contribution in [0.4, 0.5) is 23.1 Å². The highest BCUT2D eigenvalue weighted by molar-refractivity contribution is 5.90. The first kappa shape index (κ1) is 18.4. The molecule has 1 aromatic heterocycles. The highest BCUT2D eigenvalue weighted by Crippen LogP contribution is 2.22. The Kier molecular flexibility index (Phi) is 5.66. The minimum Gasteiger partial charge on any atom is -0.465 e. The first-order valence-electron chi connectivity index (χ1n) is 8.75. The van der Waals surface area contributed by atoms with Gasteiger partial charge in [-0.3, -0.25) is 0 Å². The molecule has 3 rings (SSSR count). The van der Waals surface area contributed by atoms with Crippen molar-refractivity contribution < 1.29 is 9.53 Å². The predicted molar refractivity (Wildman–Crippen MR) is 107 cm³/mol. The summed E-state index contributed by atoms with van der Waals surface area (Å²) in [4.78, 5) is 20.7. The van der Waals surface area contributed by atoms with Gasteiger partial charge in [0, 0.05) is 23.1 Å². The number of nitrogens with zero attached hydrogens (tertiary/aromatic N) is 2. The lowest BCUT2D eigenvalue weighted by molar-refractivity contribution is 0.0601. The molecule has 2 aromatic carbocycles. The lowest BCUT2D eigenvalue weighted by atomic mass is 10.1. The molecule has 0 fully saturated rings. The van der Waals surface area contributed by atoms with Crippen molar-refractivity contribution >= 4 is 29.1 Å². The van der Waals surface area contributed by atoms with Crippen LogP contribution >= 0.6 is 0 Å². The maximum absolute atomic E-state index is 11.7. The number of carbonyl (C=O) groups is 1. The zero-order valence-corrected chi connectivity index (χ0v) is 15.6. The van der Waals surface area contributed by atoms with E-state index in [1.165, 1.54) is 12.7 Å². The topological polar surface area (TPSA) is 76.1 Å². The maximum atomic E-state index is 11.7. The van der Waals surface area contributed by atoms with Gasteiger partial charge in [-0.15, -0.1) is 0 Å². The summed E-state index contributed by atoms with van der Waals surface area (Å²) in [5.74, 6) is 0.769. The number of nitrogens with one attached hydrogen (secondary N) is 2. The van der Waals surface area contributed by atoms with Crippen LogP contribution in [-0.2, 0) is 11.2 Å². The van der Waals surface area contributed by atoms with Crippen LogP contribution in [0.2, 0.25) is 0 Å². The number of ether oxygens (including phenoxy) is 1. The van der Waals surface area contributed by atoms with Crippen molar-refractivity contribution in [3.05, 3.63) is 71.4 Å². The van der Waals surface area contributed by atoms with E-state index in [9.17, 15) is 4.79 Å². The first-order valence-corrected chi connectivity index (χ1v) is 8.75. The van der Waals surface area contributed by atoms with Crippen molar-refractivity contribution in [2.45, 2.75) is 20.3 Å². The quantitative estimate of drug-likeness (QED) is 0.623. The summed E-state index contributed by atoms with van der Waals surface area (Å²) in [6.45, 7) is 4.03. The predicted octanol–water partition coefficient (Wildman–Crippen LogP) is 4.62. The second-order valence-electron chi connectivity index (χ2n) is 6.05. The van der Waals surface area contributed by atoms with Gasteiger partial charge in [0.2, 0.25) is 5.95 Å². The van der Waals surface area contributed by atoms with E-state index in [4.69, 9.17) is 4.74 Å². The number of anilines is 4. The van der Waals surface area contributed by atoms with Crippen LogP contribution in [0.1, 0.15) is 28.5 Å². The van der Waals surface area contributed by atoms with Crippen molar-refractivity contribution in [3.63, 3.8) is 0 Å². The fraction of sp³-hybridized carbons (Fsp3) is 0.190. The number of esters is 1. The third kappa shape index (κ3) is 4.61. The van der Waals surface area contributed by atoms with Crippen LogP contribution < -0.4 is 10.6 Å². The lowest BCUT2D eigenvalue weighted by Crippen LogP contribution is -2.05. The third-order valence-corrected chi connectivity index (χ3v) is 4.06. The second-order valence-corrected chi connectivity index (χ2v) is 6.05. The number of benzene rings is 2. The molecule has 6 nitrogen and oxygen atoms in total. The molecule has 0 saturated carbocycles. The average molecular weight is 362 g/mol. The zero-order chi connectivity index (χ0) is 19.2. The molecule has 0 aliphatic rings. The van der Waals surface area contributed by atoms with Gasteiger partial charge in [-0.05, 0) is 43.2 Å². The van der Waals surface area contributed by atoms with Crippen LogP contribution in [0.5, 0.6) is 0 Å². The van der Waals surface area contributed by atoms with Crippen LogP contribution in [0.3, 0.4) is 0 Å². The molecule has 1 heterocycles. The smallest absolute Gasteiger partial charge is 0.337 e. The van der Waals surface area contributed by atoms with Gasteiger partial charge in [-0.2, -0.15) is 4.98 Å². The van der Waals surface area contributed by atoms with Gasteiger partial charge in [0.25, 0.3) is 0 Å². The molecule has 0 unspecified atom stereocenters. The number of methoxy groups -OCH3 is 1. The van der Waals surface area contributed by atoms with E-state index < -0.39 is 0 Å². The van der Waals surface area contributed by atoms with Gasteiger partial charge >= 0.3 is 5.97 Å². The number of rotatable bonds is 6. The molecule has 0 amide bonds. The number of hydrogen-bond donors (Lipinski definition) is 2. The number of carbonyl (C=O) groups excluding carboxylic acids is 1. The monoisotopic (exact) mass is 362 g/mol. The molecule has 6 heteroatoms. The molecule has 27 heavy (non-hydrogen) atoms. The fourth-order valence-electron chi connectivity index (χ4n) is 2.75. The van der Waals surface area contributed by atoms with Crippen molar-refractivity contribution in [2.75, 3.05) is 17.7 Å². The van der Waals surface area contributed by atoms with Crippen molar-refractivity contribution in [3.8, 4) is 0 Å². The molecule has 0 radical (unpaired) electrons. The van der Waals surface area contributed by atoms with E-state index in [2.05, 4.69) is 33.6 Å². The number of para-hydroxylation sites is 1. The molecule has 138 valence electrons. The van der Waals surface area contributed by atoms with E-state index in [0.717, 1.165) is 17.8 Å². The van der Waals surface area contributed by atoms with Crippen LogP contribution in [0.25, 0.3) is 0 Å². The maximum Gasteiger partial charge on any atom is 0.337 e. The molecule has 0 aliphatic carbocycles. The summed E-state index contributed by atoms with van der Waals surface area (Å²) in [5.41, 5.74) is 4.24. The summed E-state index contributed by atoms with van der Waals surface area (Å²) >= 11 is 0. The standard InChI is InChI=1S/C21H22N4O2/c1-4-15-8-5-6-11-18(15)24-19-12-14(2)22-21(25-19)23-17-10-7-9-16(13-17)20(26)27-3/h5-13H,4H2,1-3H3,(H2,22,23,24,25). The molecule has 0 aliphatic heterocycles. The Bertz CT molecular complexity index is 956. The summed E-state index contributed by atoms with van der Waals surface area (Å²) in [5, 5.41) is 6.51. The summed E-state index contributed by atoms with van der Waals surface area (Å²) in [7, 11) is 1.36. The molecule has 0 saturated heterocycles. The third-order valence-electron chi connectivity index (χ3n) is 4.06. The average Bonchev–Trinajstić information content (AvgIpc) is 2.67. The SMILES string of the molecule is CCc1ccccc1Nc1cc(C)nc(Nc2cccc(C(=O)OC)c2)n1. The minimum absolute atomic E-state index is 0.387. The highest BCUT2D eigenvalue weighted by Gasteiger charge is 2.08. The molecule has 3 aromatic rings. The van der Waals surface area contributed by atoms with Gasteiger partial charge in [-0.1, -0.05) is 31.2 Å². The van der Waals surface area contributed by atoms with Crippen molar-refractivity contribution in [1.82, 2.24) is 9.97 Å². The number of aromatic nitrogens is 2. The molecular weight excluding hydrogens is 340 g/mol. The zero-order valence-electron chi connectivity index (χ0n) is 15.6. The Hall–Kier alpha value is -3.41. The first-order chi connectivity index (χ1) is 13.1. The normalized spacial score (nSPS) is 10.3. The van der Waals surface area contributed by atoms with Gasteiger partial charge in [0.15, 0.2) is 0 Å². The van der Waals surface area contributed by atoms with E-state index >= 15 is 0 Å². The summed E-state index contributed by atoms with van der Waals surface area (Å²) < 4.78 is 4.76. The minimum atomic E-state index is -0.387. The highest BCUT2D eigenvalue weighted by atomic mass is 16.5. The molecule has 2 N–H and O–H groups in total. The number of aryl methyl sites for hydroxylation is 2. The van der Waals surface area contributed by atoms with Crippen molar-refractivity contribution in [1.29, 1.82) is 0 Å². The fourth-order valence-corrected chi connectivity index (χ4v) is 2.75. The van der Waals surface area contributed by atoms with Crippen LogP contribution in [0, 0.1) is 6.92 Å². The summed E-state index contributed by atoms with van der Waals surface area (Å²) in [6, 6.07) is 17.1. The number of hydrogen-bond acceptors (Lipinski definition) is 6. The largest absolute Gasteiger partial charge is 0.465 e. The molecule has 0 bridgehead atoms. The Labute approximate surface area is 158 Å². The summed E-state index contributed by atoms with van der Waals surface area (Å²) in [6.07, 6.45) is 0.929. The second kappa shape index (κ2) is 8.31. The van der Waals surface area contributed by atoms with Gasteiger partial charge < -0.3 is 15.4 Å².